The molecule has 3 aromatic rings. The van der Waals surface area contributed by atoms with Gasteiger partial charge >= 0.3 is 5.97 Å². The van der Waals surface area contributed by atoms with Crippen LogP contribution < -0.4 is 5.56 Å². The Morgan fingerprint density at radius 3 is 2.43 bits per heavy atom. The average molecular weight is 495 g/mol. The predicted molar refractivity (Wildman–Crippen MR) is 139 cm³/mol. The lowest BCUT2D eigenvalue weighted by molar-refractivity contribution is -0.160. The van der Waals surface area contributed by atoms with Gasteiger partial charge in [-0.1, -0.05) is 36.4 Å². The van der Waals surface area contributed by atoms with Crippen LogP contribution in [-0.2, 0) is 20.8 Å². The van der Waals surface area contributed by atoms with Crippen LogP contribution in [0.3, 0.4) is 0 Å². The van der Waals surface area contributed by atoms with Crippen LogP contribution in [-0.4, -0.2) is 34.6 Å². The zero-order chi connectivity index (χ0) is 24.8. The van der Waals surface area contributed by atoms with Crippen molar-refractivity contribution in [2.45, 2.75) is 58.6 Å². The zero-order valence-corrected chi connectivity index (χ0v) is 21.6. The average Bonchev–Trinajstić information content (AvgIpc) is 3.35. The second kappa shape index (κ2) is 11.3. The summed E-state index contributed by atoms with van der Waals surface area (Å²) in [5.74, 6) is 0.513. The van der Waals surface area contributed by atoms with E-state index in [4.69, 9.17) is 14.6 Å². The van der Waals surface area contributed by atoms with Crippen molar-refractivity contribution < 1.29 is 14.3 Å². The van der Waals surface area contributed by atoms with Crippen LogP contribution in [0.25, 0.3) is 21.7 Å². The Labute approximate surface area is 210 Å². The van der Waals surface area contributed by atoms with E-state index in [0.29, 0.717) is 25.0 Å². The van der Waals surface area contributed by atoms with E-state index >= 15 is 0 Å². The largest absolute Gasteiger partial charge is 0.458 e. The number of carbonyl (C=O) groups is 1. The molecule has 1 aliphatic carbocycles. The molecule has 0 atom stereocenters. The number of rotatable bonds is 8. The number of nitrogens with zero attached hydrogens (tertiary/aromatic N) is 2. The molecule has 1 aromatic carbocycles. The van der Waals surface area contributed by atoms with Crippen LogP contribution in [0.5, 0.6) is 0 Å². The molecule has 6 nitrogen and oxygen atoms in total. The van der Waals surface area contributed by atoms with Gasteiger partial charge in [0.05, 0.1) is 11.5 Å². The van der Waals surface area contributed by atoms with Crippen molar-refractivity contribution in [3.05, 3.63) is 64.3 Å². The molecule has 0 unspecified atom stereocenters. The maximum atomic E-state index is 13.0. The molecule has 186 valence electrons. The molecule has 0 saturated heterocycles. The van der Waals surface area contributed by atoms with Crippen LogP contribution in [0.15, 0.2) is 58.7 Å². The van der Waals surface area contributed by atoms with Crippen molar-refractivity contribution in [1.29, 1.82) is 0 Å². The molecule has 2 aromatic heterocycles. The fraction of sp³-hybridized carbons (Fsp3) is 0.464. The van der Waals surface area contributed by atoms with Gasteiger partial charge < -0.3 is 9.47 Å². The van der Waals surface area contributed by atoms with E-state index in [1.807, 2.05) is 62.5 Å². The first kappa shape index (κ1) is 25.3. The minimum atomic E-state index is -0.493. The second-order valence-corrected chi connectivity index (χ2v) is 11.2. The number of esters is 1. The molecule has 1 saturated carbocycles. The number of ether oxygens (including phenoxy) is 2. The zero-order valence-electron chi connectivity index (χ0n) is 20.7. The van der Waals surface area contributed by atoms with Crippen LogP contribution in [0.1, 0.15) is 46.5 Å². The van der Waals surface area contributed by atoms with Gasteiger partial charge in [0.2, 0.25) is 0 Å². The van der Waals surface area contributed by atoms with Crippen molar-refractivity contribution in [2.75, 3.05) is 13.2 Å². The number of hydrogen-bond acceptors (Lipinski definition) is 6. The lowest BCUT2D eigenvalue weighted by atomic mass is 9.82. The van der Waals surface area contributed by atoms with Crippen molar-refractivity contribution in [2.24, 2.45) is 11.8 Å². The fourth-order valence-electron chi connectivity index (χ4n) is 4.56. The highest BCUT2D eigenvalue weighted by Gasteiger charge is 2.24. The molecule has 0 aliphatic heterocycles. The van der Waals surface area contributed by atoms with Crippen molar-refractivity contribution in [3.63, 3.8) is 0 Å². The third-order valence-electron chi connectivity index (χ3n) is 6.23. The minimum Gasteiger partial charge on any atom is -0.458 e. The van der Waals surface area contributed by atoms with Crippen molar-refractivity contribution >= 4 is 17.3 Å². The third-order valence-corrected chi connectivity index (χ3v) is 7.10. The molecule has 7 heteroatoms. The van der Waals surface area contributed by atoms with Crippen LogP contribution in [0.2, 0.25) is 0 Å². The smallest absolute Gasteiger partial charge is 0.332 e. The number of thiophene rings is 1. The van der Waals surface area contributed by atoms with Gasteiger partial charge in [-0.05, 0) is 75.3 Å². The van der Waals surface area contributed by atoms with Gasteiger partial charge in [0, 0.05) is 18.2 Å². The summed E-state index contributed by atoms with van der Waals surface area (Å²) >= 11 is 1.63. The fourth-order valence-corrected chi connectivity index (χ4v) is 5.28. The normalized spacial score (nSPS) is 18.4. The Bertz CT molecular complexity index is 1160. The Morgan fingerprint density at radius 2 is 1.77 bits per heavy atom. The minimum absolute atomic E-state index is 0.00419. The monoisotopic (exact) mass is 494 g/mol. The molecule has 2 heterocycles. The number of hydrogen-bond donors (Lipinski definition) is 0. The Kier molecular flexibility index (Phi) is 8.19. The Morgan fingerprint density at radius 1 is 1.06 bits per heavy atom. The molecule has 0 radical (unpaired) electrons. The Hall–Kier alpha value is -2.77. The lowest BCUT2D eigenvalue weighted by Gasteiger charge is -2.28. The molecule has 0 spiro atoms. The standard InChI is InChI=1S/C28H34N2O4S/c1-28(2,3)34-26(32)19-33-18-21-13-11-20(12-14-21)17-30-25(31)16-23(22-8-5-4-6-9-22)27(29-30)24-10-7-15-35-24/h4-10,15-16,20-21H,11-14,17-19H2,1-3H3. The summed E-state index contributed by atoms with van der Waals surface area (Å²) in [5.41, 5.74) is 2.18. The first-order chi connectivity index (χ1) is 16.8. The molecule has 35 heavy (non-hydrogen) atoms. The summed E-state index contributed by atoms with van der Waals surface area (Å²) < 4.78 is 12.6. The summed E-state index contributed by atoms with van der Waals surface area (Å²) in [4.78, 5) is 25.9. The molecule has 1 fully saturated rings. The van der Waals surface area contributed by atoms with Crippen molar-refractivity contribution in [3.8, 4) is 21.7 Å². The number of aromatic nitrogens is 2. The first-order valence-electron chi connectivity index (χ1n) is 12.3. The topological polar surface area (TPSA) is 70.4 Å². The van der Waals surface area contributed by atoms with Gasteiger partial charge in [-0.2, -0.15) is 5.10 Å². The molecular formula is C28H34N2O4S. The molecule has 4 rings (SSSR count). The quantitative estimate of drug-likeness (QED) is 0.370. The van der Waals surface area contributed by atoms with Gasteiger partial charge in [-0.25, -0.2) is 9.48 Å². The summed E-state index contributed by atoms with van der Waals surface area (Å²) in [7, 11) is 0. The van der Waals surface area contributed by atoms with E-state index in [2.05, 4.69) is 6.07 Å². The van der Waals surface area contributed by atoms with E-state index in [1.165, 1.54) is 0 Å². The maximum Gasteiger partial charge on any atom is 0.332 e. The van der Waals surface area contributed by atoms with Gasteiger partial charge in [0.25, 0.3) is 5.56 Å². The van der Waals surface area contributed by atoms with Gasteiger partial charge in [0.1, 0.15) is 17.9 Å². The SMILES string of the molecule is CC(C)(C)OC(=O)COCC1CCC(Cn2nc(-c3cccs3)c(-c3ccccc3)cc2=O)CC1. The molecular weight excluding hydrogens is 460 g/mol. The lowest BCUT2D eigenvalue weighted by Crippen LogP contribution is -2.30. The summed E-state index contributed by atoms with van der Waals surface area (Å²) in [6.07, 6.45) is 4.08. The van der Waals surface area contributed by atoms with Gasteiger partial charge in [-0.3, -0.25) is 4.79 Å². The van der Waals surface area contributed by atoms with Crippen LogP contribution >= 0.6 is 11.3 Å². The molecule has 0 N–H and O–H groups in total. The van der Waals surface area contributed by atoms with E-state index in [0.717, 1.165) is 47.4 Å². The highest BCUT2D eigenvalue weighted by Crippen LogP contribution is 2.33. The van der Waals surface area contributed by atoms with Gasteiger partial charge in [-0.15, -0.1) is 11.3 Å². The van der Waals surface area contributed by atoms with E-state index in [9.17, 15) is 9.59 Å². The van der Waals surface area contributed by atoms with E-state index < -0.39 is 5.60 Å². The molecule has 0 amide bonds. The van der Waals surface area contributed by atoms with Crippen LogP contribution in [0.4, 0.5) is 0 Å². The predicted octanol–water partition coefficient (Wildman–Crippen LogP) is 5.80. The van der Waals surface area contributed by atoms with E-state index in [1.54, 1.807) is 22.1 Å². The van der Waals surface area contributed by atoms with Crippen molar-refractivity contribution in [1.82, 2.24) is 9.78 Å². The summed E-state index contributed by atoms with van der Waals surface area (Å²) in [6, 6.07) is 15.8. The highest BCUT2D eigenvalue weighted by atomic mass is 32.1. The third kappa shape index (κ3) is 7.12. The van der Waals surface area contributed by atoms with E-state index in [-0.39, 0.29) is 18.1 Å². The summed E-state index contributed by atoms with van der Waals surface area (Å²) in [6.45, 7) is 6.74. The number of carbonyl (C=O) groups excluding carboxylic acids is 1. The van der Waals surface area contributed by atoms with Crippen LogP contribution in [0, 0.1) is 11.8 Å². The van der Waals surface area contributed by atoms with Gasteiger partial charge in [0.15, 0.2) is 0 Å². The molecule has 1 aliphatic rings. The first-order valence-corrected chi connectivity index (χ1v) is 13.2. The summed E-state index contributed by atoms with van der Waals surface area (Å²) in [5, 5.41) is 6.88. The molecule has 0 bridgehead atoms. The Balaban J connectivity index is 1.37. The highest BCUT2D eigenvalue weighted by molar-refractivity contribution is 7.13. The maximum absolute atomic E-state index is 13.0. The number of benzene rings is 1. The second-order valence-electron chi connectivity index (χ2n) is 10.3.